The molecule has 0 aliphatic rings. The first-order valence-corrected chi connectivity index (χ1v) is 7.76. The van der Waals surface area contributed by atoms with E-state index in [9.17, 15) is 9.90 Å². The van der Waals surface area contributed by atoms with Crippen molar-refractivity contribution in [1.82, 2.24) is 4.98 Å². The van der Waals surface area contributed by atoms with Gasteiger partial charge in [-0.15, -0.1) is 11.3 Å². The first-order valence-electron chi connectivity index (χ1n) is 6.94. The molecule has 4 nitrogen and oxygen atoms in total. The summed E-state index contributed by atoms with van der Waals surface area (Å²) in [5.41, 5.74) is 2.94. The van der Waals surface area contributed by atoms with Gasteiger partial charge in [0.15, 0.2) is 0 Å². The number of hydrogen-bond acceptors (Lipinski definition) is 4. The standard InChI is InChI=1S/C18H12N2O2S/c19-11-13-7-5-12(6-8-13)9-14(10-17(21)22)18-20-15-3-1-2-4-16(15)23-18/h1-9H,10H2,(H,21,22). The lowest BCUT2D eigenvalue weighted by Crippen LogP contribution is -1.97. The summed E-state index contributed by atoms with van der Waals surface area (Å²) in [6, 6.07) is 16.8. The molecule has 1 N–H and O–H groups in total. The van der Waals surface area contributed by atoms with E-state index in [2.05, 4.69) is 11.1 Å². The second-order valence-electron chi connectivity index (χ2n) is 4.96. The summed E-state index contributed by atoms with van der Waals surface area (Å²) in [6.45, 7) is 0. The minimum atomic E-state index is -0.899. The van der Waals surface area contributed by atoms with Crippen LogP contribution in [0.15, 0.2) is 48.5 Å². The van der Waals surface area contributed by atoms with Crippen LogP contribution in [0, 0.1) is 11.3 Å². The molecule has 3 rings (SSSR count). The summed E-state index contributed by atoms with van der Waals surface area (Å²) in [7, 11) is 0. The van der Waals surface area contributed by atoms with Gasteiger partial charge in [-0.25, -0.2) is 4.98 Å². The van der Waals surface area contributed by atoms with Gasteiger partial charge in [0.05, 0.1) is 28.3 Å². The second kappa shape index (κ2) is 6.42. The van der Waals surface area contributed by atoms with E-state index < -0.39 is 5.97 Å². The van der Waals surface area contributed by atoms with Crippen molar-refractivity contribution in [3.63, 3.8) is 0 Å². The molecule has 112 valence electrons. The lowest BCUT2D eigenvalue weighted by Gasteiger charge is -2.01. The van der Waals surface area contributed by atoms with E-state index in [0.717, 1.165) is 15.8 Å². The van der Waals surface area contributed by atoms with Crippen molar-refractivity contribution in [3.05, 3.63) is 64.7 Å². The quantitative estimate of drug-likeness (QED) is 0.782. The third-order valence-corrected chi connectivity index (χ3v) is 4.40. The van der Waals surface area contributed by atoms with Gasteiger partial charge in [-0.2, -0.15) is 5.26 Å². The zero-order valence-corrected chi connectivity index (χ0v) is 12.9. The van der Waals surface area contributed by atoms with Gasteiger partial charge >= 0.3 is 5.97 Å². The number of carboxylic acids is 1. The number of nitrogens with zero attached hydrogens (tertiary/aromatic N) is 2. The Balaban J connectivity index is 2.04. The van der Waals surface area contributed by atoms with Crippen LogP contribution in [0.2, 0.25) is 0 Å². The monoisotopic (exact) mass is 320 g/mol. The van der Waals surface area contributed by atoms with Gasteiger partial charge in [0.2, 0.25) is 0 Å². The molecule has 5 heteroatoms. The molecule has 0 aliphatic carbocycles. The molecule has 0 amide bonds. The molecule has 0 atom stereocenters. The Kier molecular flexibility index (Phi) is 4.18. The summed E-state index contributed by atoms with van der Waals surface area (Å²) in [6.07, 6.45) is 1.72. The fourth-order valence-corrected chi connectivity index (χ4v) is 3.20. The van der Waals surface area contributed by atoms with E-state index >= 15 is 0 Å². The van der Waals surface area contributed by atoms with Crippen LogP contribution in [-0.2, 0) is 4.79 Å². The second-order valence-corrected chi connectivity index (χ2v) is 5.99. The molecular weight excluding hydrogens is 308 g/mol. The number of carboxylic acid groups (broad SMARTS) is 1. The number of aromatic nitrogens is 1. The number of aliphatic carboxylic acids is 1. The van der Waals surface area contributed by atoms with E-state index in [1.807, 2.05) is 30.3 Å². The van der Waals surface area contributed by atoms with Crippen LogP contribution >= 0.6 is 11.3 Å². The molecule has 23 heavy (non-hydrogen) atoms. The fourth-order valence-electron chi connectivity index (χ4n) is 2.22. The van der Waals surface area contributed by atoms with Crippen LogP contribution in [-0.4, -0.2) is 16.1 Å². The van der Waals surface area contributed by atoms with Gasteiger partial charge < -0.3 is 5.11 Å². The van der Waals surface area contributed by atoms with Crippen molar-refractivity contribution in [1.29, 1.82) is 5.26 Å². The van der Waals surface area contributed by atoms with Crippen LogP contribution < -0.4 is 0 Å². The maximum atomic E-state index is 11.2. The lowest BCUT2D eigenvalue weighted by molar-refractivity contribution is -0.135. The Morgan fingerprint density at radius 3 is 2.61 bits per heavy atom. The maximum absolute atomic E-state index is 11.2. The lowest BCUT2D eigenvalue weighted by atomic mass is 10.1. The number of carbonyl (C=O) groups is 1. The highest BCUT2D eigenvalue weighted by atomic mass is 32.1. The average molecular weight is 320 g/mol. The number of para-hydroxylation sites is 1. The third kappa shape index (κ3) is 3.44. The average Bonchev–Trinajstić information content (AvgIpc) is 2.98. The molecule has 0 aliphatic heterocycles. The SMILES string of the molecule is N#Cc1ccc(C=C(CC(=O)O)c2nc3ccccc3s2)cc1. The van der Waals surface area contributed by atoms with Crippen molar-refractivity contribution in [2.24, 2.45) is 0 Å². The van der Waals surface area contributed by atoms with E-state index in [1.54, 1.807) is 24.3 Å². The van der Waals surface area contributed by atoms with E-state index in [-0.39, 0.29) is 6.42 Å². The van der Waals surface area contributed by atoms with Crippen molar-refractivity contribution in [2.45, 2.75) is 6.42 Å². The zero-order chi connectivity index (χ0) is 16.2. The van der Waals surface area contributed by atoms with Gasteiger partial charge in [-0.3, -0.25) is 4.79 Å². The van der Waals surface area contributed by atoms with Crippen molar-refractivity contribution < 1.29 is 9.90 Å². The summed E-state index contributed by atoms with van der Waals surface area (Å²) < 4.78 is 1.03. The number of rotatable bonds is 4. The number of fused-ring (bicyclic) bond motifs is 1. The highest BCUT2D eigenvalue weighted by molar-refractivity contribution is 7.19. The Hall–Kier alpha value is -2.97. The first-order chi connectivity index (χ1) is 11.2. The molecule has 1 heterocycles. The Morgan fingerprint density at radius 2 is 1.96 bits per heavy atom. The molecular formula is C18H12N2O2S. The number of thiazole rings is 1. The normalized spacial score (nSPS) is 11.3. The number of benzene rings is 2. The highest BCUT2D eigenvalue weighted by Gasteiger charge is 2.12. The Labute approximate surface area is 137 Å². The first kappa shape index (κ1) is 14.9. The van der Waals surface area contributed by atoms with Crippen LogP contribution in [0.3, 0.4) is 0 Å². The molecule has 0 unspecified atom stereocenters. The van der Waals surface area contributed by atoms with E-state index in [1.165, 1.54) is 11.3 Å². The van der Waals surface area contributed by atoms with Crippen LogP contribution in [0.1, 0.15) is 22.6 Å². The van der Waals surface area contributed by atoms with Crippen LogP contribution in [0.4, 0.5) is 0 Å². The predicted octanol–water partition coefficient (Wildman–Crippen LogP) is 4.18. The maximum Gasteiger partial charge on any atom is 0.307 e. The summed E-state index contributed by atoms with van der Waals surface area (Å²) in [4.78, 5) is 15.7. The minimum absolute atomic E-state index is 0.0974. The van der Waals surface area contributed by atoms with Gasteiger partial charge in [0.25, 0.3) is 0 Å². The van der Waals surface area contributed by atoms with Gasteiger partial charge in [0.1, 0.15) is 5.01 Å². The van der Waals surface area contributed by atoms with Gasteiger partial charge in [-0.1, -0.05) is 24.3 Å². The number of hydrogen-bond donors (Lipinski definition) is 1. The number of nitriles is 1. The molecule has 3 aromatic rings. The van der Waals surface area contributed by atoms with Gasteiger partial charge in [0, 0.05) is 0 Å². The molecule has 0 spiro atoms. The highest BCUT2D eigenvalue weighted by Crippen LogP contribution is 2.30. The molecule has 1 aromatic heterocycles. The van der Waals surface area contributed by atoms with Crippen LogP contribution in [0.25, 0.3) is 21.9 Å². The van der Waals surface area contributed by atoms with E-state index in [4.69, 9.17) is 5.26 Å². The van der Waals surface area contributed by atoms with Crippen molar-refractivity contribution in [2.75, 3.05) is 0 Å². The molecule has 0 bridgehead atoms. The molecule has 0 saturated heterocycles. The molecule has 0 saturated carbocycles. The molecule has 2 aromatic carbocycles. The van der Waals surface area contributed by atoms with E-state index in [0.29, 0.717) is 16.1 Å². The largest absolute Gasteiger partial charge is 0.481 e. The summed E-state index contributed by atoms with van der Waals surface area (Å²) in [5, 5.41) is 18.7. The third-order valence-electron chi connectivity index (χ3n) is 3.29. The summed E-state index contributed by atoms with van der Waals surface area (Å²) in [5.74, 6) is -0.899. The fraction of sp³-hybridized carbons (Fsp3) is 0.0556. The predicted molar refractivity (Wildman–Crippen MR) is 90.9 cm³/mol. The van der Waals surface area contributed by atoms with Crippen molar-refractivity contribution >= 4 is 39.2 Å². The van der Waals surface area contributed by atoms with Gasteiger partial charge in [-0.05, 0) is 41.5 Å². The zero-order valence-electron chi connectivity index (χ0n) is 12.1. The Morgan fingerprint density at radius 1 is 1.22 bits per heavy atom. The minimum Gasteiger partial charge on any atom is -0.481 e. The van der Waals surface area contributed by atoms with Crippen LogP contribution in [0.5, 0.6) is 0 Å². The molecule has 0 radical (unpaired) electrons. The Bertz CT molecular complexity index is 901. The topological polar surface area (TPSA) is 74.0 Å². The smallest absolute Gasteiger partial charge is 0.307 e. The van der Waals surface area contributed by atoms with Crippen molar-refractivity contribution in [3.8, 4) is 6.07 Å². The molecule has 0 fully saturated rings. The summed E-state index contributed by atoms with van der Waals surface area (Å²) >= 11 is 1.48.